The van der Waals surface area contributed by atoms with Crippen LogP contribution in [0, 0.1) is 6.92 Å². The Kier molecular flexibility index (Phi) is 2.44. The Morgan fingerprint density at radius 2 is 2.20 bits per heavy atom. The van der Waals surface area contributed by atoms with E-state index in [9.17, 15) is 0 Å². The summed E-state index contributed by atoms with van der Waals surface area (Å²) in [7, 11) is 1.87. The summed E-state index contributed by atoms with van der Waals surface area (Å²) in [4.78, 5) is 8.33. The number of anilines is 1. The summed E-state index contributed by atoms with van der Waals surface area (Å²) < 4.78 is 2.31. The summed E-state index contributed by atoms with van der Waals surface area (Å²) >= 11 is 3.25. The monoisotopic (exact) mass is 267 g/mol. The SMILES string of the molecule is Cc1nn(C)cc1-c1cnc(N)c(Br)n1. The van der Waals surface area contributed by atoms with Crippen LogP contribution >= 0.6 is 15.9 Å². The van der Waals surface area contributed by atoms with Gasteiger partial charge in [-0.2, -0.15) is 5.10 Å². The largest absolute Gasteiger partial charge is 0.381 e. The van der Waals surface area contributed by atoms with Crippen LogP contribution in [0.15, 0.2) is 17.0 Å². The number of rotatable bonds is 1. The average Bonchev–Trinajstić information content (AvgIpc) is 2.50. The van der Waals surface area contributed by atoms with Crippen molar-refractivity contribution in [3.05, 3.63) is 22.7 Å². The molecule has 0 bridgehead atoms. The van der Waals surface area contributed by atoms with Crippen molar-refractivity contribution in [1.29, 1.82) is 0 Å². The van der Waals surface area contributed by atoms with Gasteiger partial charge in [-0.05, 0) is 22.9 Å². The molecule has 0 saturated heterocycles. The lowest BCUT2D eigenvalue weighted by Crippen LogP contribution is -1.95. The Labute approximate surface area is 95.5 Å². The number of halogens is 1. The van der Waals surface area contributed by atoms with Crippen LogP contribution in [0.2, 0.25) is 0 Å². The Hall–Kier alpha value is -1.43. The quantitative estimate of drug-likeness (QED) is 0.851. The van der Waals surface area contributed by atoms with Crippen LogP contribution in [-0.4, -0.2) is 19.7 Å². The molecule has 5 nitrogen and oxygen atoms in total. The van der Waals surface area contributed by atoms with E-state index in [1.54, 1.807) is 10.9 Å². The molecule has 0 spiro atoms. The summed E-state index contributed by atoms with van der Waals surface area (Å²) in [6.45, 7) is 1.93. The number of nitrogen functional groups attached to an aromatic ring is 1. The lowest BCUT2D eigenvalue weighted by Gasteiger charge is -2.00. The molecule has 78 valence electrons. The van der Waals surface area contributed by atoms with Crippen molar-refractivity contribution >= 4 is 21.7 Å². The van der Waals surface area contributed by atoms with E-state index >= 15 is 0 Å². The van der Waals surface area contributed by atoms with E-state index in [-0.39, 0.29) is 0 Å². The minimum atomic E-state index is 0.389. The first kappa shape index (κ1) is 10.1. The third-order valence-electron chi connectivity index (χ3n) is 2.05. The van der Waals surface area contributed by atoms with Crippen molar-refractivity contribution in [2.24, 2.45) is 7.05 Å². The lowest BCUT2D eigenvalue weighted by molar-refractivity contribution is 0.756. The molecule has 15 heavy (non-hydrogen) atoms. The number of hydrogen-bond donors (Lipinski definition) is 1. The van der Waals surface area contributed by atoms with Gasteiger partial charge in [0.25, 0.3) is 0 Å². The number of hydrogen-bond acceptors (Lipinski definition) is 4. The van der Waals surface area contributed by atoms with Crippen molar-refractivity contribution in [3.63, 3.8) is 0 Å². The maximum atomic E-state index is 5.57. The van der Waals surface area contributed by atoms with Crippen LogP contribution in [0.25, 0.3) is 11.3 Å². The van der Waals surface area contributed by atoms with E-state index < -0.39 is 0 Å². The molecule has 2 N–H and O–H groups in total. The van der Waals surface area contributed by atoms with Crippen LogP contribution in [0.3, 0.4) is 0 Å². The first-order valence-electron chi connectivity index (χ1n) is 4.36. The van der Waals surface area contributed by atoms with Gasteiger partial charge in [-0.25, -0.2) is 9.97 Å². The van der Waals surface area contributed by atoms with Crippen LogP contribution in [0.1, 0.15) is 5.69 Å². The van der Waals surface area contributed by atoms with Gasteiger partial charge in [-0.1, -0.05) is 0 Å². The normalized spacial score (nSPS) is 10.6. The zero-order valence-corrected chi connectivity index (χ0v) is 9.98. The van der Waals surface area contributed by atoms with E-state index in [1.807, 2.05) is 20.2 Å². The number of aromatic nitrogens is 4. The summed E-state index contributed by atoms with van der Waals surface area (Å²) in [5.41, 5.74) is 8.22. The molecule has 2 heterocycles. The topological polar surface area (TPSA) is 69.6 Å². The zero-order chi connectivity index (χ0) is 11.0. The van der Waals surface area contributed by atoms with Crippen molar-refractivity contribution in [2.45, 2.75) is 6.92 Å². The molecule has 0 aliphatic carbocycles. The first-order chi connectivity index (χ1) is 7.08. The molecule has 0 fully saturated rings. The van der Waals surface area contributed by atoms with Gasteiger partial charge in [0, 0.05) is 18.8 Å². The van der Waals surface area contributed by atoms with Crippen molar-refractivity contribution in [3.8, 4) is 11.3 Å². The van der Waals surface area contributed by atoms with E-state index in [1.165, 1.54) is 0 Å². The second kappa shape index (κ2) is 3.62. The van der Waals surface area contributed by atoms with Crippen LogP contribution in [-0.2, 0) is 7.05 Å². The number of aryl methyl sites for hydroxylation is 2. The predicted molar refractivity (Wildman–Crippen MR) is 61.1 cm³/mol. The van der Waals surface area contributed by atoms with E-state index in [0.717, 1.165) is 17.0 Å². The van der Waals surface area contributed by atoms with Gasteiger partial charge in [0.2, 0.25) is 0 Å². The second-order valence-electron chi connectivity index (χ2n) is 3.23. The Bertz CT molecular complexity index is 505. The maximum Gasteiger partial charge on any atom is 0.156 e. The summed E-state index contributed by atoms with van der Waals surface area (Å²) in [5, 5.41) is 4.24. The molecule has 0 aromatic carbocycles. The molecule has 0 atom stereocenters. The maximum absolute atomic E-state index is 5.57. The predicted octanol–water partition coefficient (Wildman–Crippen LogP) is 1.53. The molecular weight excluding hydrogens is 258 g/mol. The third kappa shape index (κ3) is 1.85. The van der Waals surface area contributed by atoms with Gasteiger partial charge in [0.1, 0.15) is 4.60 Å². The number of nitrogens with zero attached hydrogens (tertiary/aromatic N) is 4. The summed E-state index contributed by atoms with van der Waals surface area (Å²) in [6.07, 6.45) is 3.55. The van der Waals surface area contributed by atoms with E-state index in [4.69, 9.17) is 5.73 Å². The highest BCUT2D eigenvalue weighted by Gasteiger charge is 2.09. The van der Waals surface area contributed by atoms with Crippen LogP contribution in [0.5, 0.6) is 0 Å². The van der Waals surface area contributed by atoms with Crippen LogP contribution in [0.4, 0.5) is 5.82 Å². The van der Waals surface area contributed by atoms with E-state index in [2.05, 4.69) is 31.0 Å². The van der Waals surface area contributed by atoms with Gasteiger partial charge in [-0.15, -0.1) is 0 Å². The summed E-state index contributed by atoms with van der Waals surface area (Å²) in [6, 6.07) is 0. The number of nitrogens with two attached hydrogens (primary N) is 1. The standard InChI is InChI=1S/C9H10BrN5/c1-5-6(4-15(2)14-5)7-3-12-9(11)8(10)13-7/h3-4H,1-2H3,(H2,11,12). The molecular formula is C9H10BrN5. The molecule has 6 heteroatoms. The highest BCUT2D eigenvalue weighted by molar-refractivity contribution is 9.10. The Morgan fingerprint density at radius 1 is 1.47 bits per heavy atom. The van der Waals surface area contributed by atoms with Gasteiger partial charge < -0.3 is 5.73 Å². The molecule has 2 aromatic heterocycles. The second-order valence-corrected chi connectivity index (χ2v) is 3.98. The smallest absolute Gasteiger partial charge is 0.156 e. The molecule has 0 unspecified atom stereocenters. The van der Waals surface area contributed by atoms with Gasteiger partial charge in [-0.3, -0.25) is 4.68 Å². The highest BCUT2D eigenvalue weighted by atomic mass is 79.9. The van der Waals surface area contributed by atoms with Gasteiger partial charge in [0.05, 0.1) is 17.6 Å². The van der Waals surface area contributed by atoms with Gasteiger partial charge >= 0.3 is 0 Å². The lowest BCUT2D eigenvalue weighted by atomic mass is 10.2. The molecule has 2 aromatic rings. The van der Waals surface area contributed by atoms with E-state index in [0.29, 0.717) is 10.4 Å². The fourth-order valence-electron chi connectivity index (χ4n) is 1.36. The fourth-order valence-corrected chi connectivity index (χ4v) is 1.65. The van der Waals surface area contributed by atoms with Crippen LogP contribution < -0.4 is 5.73 Å². The van der Waals surface area contributed by atoms with Crippen molar-refractivity contribution in [1.82, 2.24) is 19.7 Å². The molecule has 0 aliphatic rings. The molecule has 0 saturated carbocycles. The molecule has 0 amide bonds. The molecule has 2 rings (SSSR count). The summed E-state index contributed by atoms with van der Waals surface area (Å²) in [5.74, 6) is 0.389. The zero-order valence-electron chi connectivity index (χ0n) is 8.40. The minimum Gasteiger partial charge on any atom is -0.381 e. The first-order valence-corrected chi connectivity index (χ1v) is 5.16. The minimum absolute atomic E-state index is 0.389. The molecule has 0 aliphatic heterocycles. The third-order valence-corrected chi connectivity index (χ3v) is 2.63. The van der Waals surface area contributed by atoms with Crippen molar-refractivity contribution < 1.29 is 0 Å². The van der Waals surface area contributed by atoms with Crippen molar-refractivity contribution in [2.75, 3.05) is 5.73 Å². The Morgan fingerprint density at radius 3 is 2.73 bits per heavy atom. The Balaban J connectivity index is 2.54. The van der Waals surface area contributed by atoms with Gasteiger partial charge in [0.15, 0.2) is 5.82 Å². The average molecular weight is 268 g/mol. The highest BCUT2D eigenvalue weighted by Crippen LogP contribution is 2.23. The fraction of sp³-hybridized carbons (Fsp3) is 0.222. The molecule has 0 radical (unpaired) electrons.